The number of rotatable bonds is 5. The first-order valence-electron chi connectivity index (χ1n) is 6.47. The molecule has 100 valence electrons. The number of hydrogen-bond acceptors (Lipinski definition) is 3. The number of nitrogens with zero attached hydrogens (tertiary/aromatic N) is 1. The summed E-state index contributed by atoms with van der Waals surface area (Å²) in [6, 6.07) is 10.4. The Labute approximate surface area is 120 Å². The Morgan fingerprint density at radius 3 is 2.84 bits per heavy atom. The molecule has 2 nitrogen and oxygen atoms in total. The van der Waals surface area contributed by atoms with E-state index in [1.54, 1.807) is 11.3 Å². The third kappa shape index (κ3) is 4.33. The highest BCUT2D eigenvalue weighted by Gasteiger charge is 2.05. The Bertz CT molecular complexity index is 549. The zero-order chi connectivity index (χ0) is 13.7. The summed E-state index contributed by atoms with van der Waals surface area (Å²) >= 11 is 1.76. The number of aliphatic imine (C=N–C) groups is 1. The van der Waals surface area contributed by atoms with Crippen LogP contribution in [0.5, 0.6) is 5.75 Å². The molecule has 0 fully saturated rings. The molecule has 0 spiro atoms. The van der Waals surface area contributed by atoms with Crippen LogP contribution < -0.4 is 4.43 Å². The van der Waals surface area contributed by atoms with Crippen LogP contribution in [0, 0.1) is 6.92 Å². The molecule has 0 amide bonds. The molecule has 4 heteroatoms. The maximum atomic E-state index is 5.92. The molecular formula is C15H19NOSSi. The zero-order valence-electron chi connectivity index (χ0n) is 11.6. The molecular weight excluding hydrogens is 270 g/mol. The lowest BCUT2D eigenvalue weighted by Crippen LogP contribution is -2.11. The van der Waals surface area contributed by atoms with Crippen molar-refractivity contribution in [3.8, 4) is 5.75 Å². The van der Waals surface area contributed by atoms with Crippen LogP contribution in [0.1, 0.15) is 10.4 Å². The minimum Gasteiger partial charge on any atom is -0.546 e. The summed E-state index contributed by atoms with van der Waals surface area (Å²) in [5.41, 5.74) is 2.15. The average Bonchev–Trinajstić information content (AvgIpc) is 2.85. The van der Waals surface area contributed by atoms with Gasteiger partial charge in [0.15, 0.2) is 0 Å². The average molecular weight is 289 g/mol. The molecule has 0 saturated carbocycles. The van der Waals surface area contributed by atoms with Crippen molar-refractivity contribution in [2.24, 2.45) is 4.99 Å². The topological polar surface area (TPSA) is 21.6 Å². The monoisotopic (exact) mass is 289 g/mol. The number of aryl methyl sites for hydroxylation is 1. The summed E-state index contributed by atoms with van der Waals surface area (Å²) in [5, 5.41) is 2.09. The van der Waals surface area contributed by atoms with Gasteiger partial charge in [0.1, 0.15) is 11.4 Å². The molecule has 2 aromatic rings. The molecule has 0 unspecified atom stereocenters. The van der Waals surface area contributed by atoms with Gasteiger partial charge in [-0.25, -0.2) is 0 Å². The molecule has 19 heavy (non-hydrogen) atoms. The summed E-state index contributed by atoms with van der Waals surface area (Å²) in [7, 11) is -1.10. The van der Waals surface area contributed by atoms with Crippen LogP contribution in [0.3, 0.4) is 0 Å². The van der Waals surface area contributed by atoms with Crippen molar-refractivity contribution in [3.63, 3.8) is 0 Å². The molecule has 1 aromatic heterocycles. The molecule has 0 saturated heterocycles. The lowest BCUT2D eigenvalue weighted by atomic mass is 10.2. The van der Waals surface area contributed by atoms with E-state index in [1.807, 2.05) is 12.3 Å². The molecule has 1 aromatic carbocycles. The Balaban J connectivity index is 2.13. The smallest absolute Gasteiger partial charge is 0.229 e. The van der Waals surface area contributed by atoms with Gasteiger partial charge in [-0.05, 0) is 49.2 Å². The number of benzene rings is 1. The zero-order valence-corrected chi connectivity index (χ0v) is 13.6. The number of thiophene rings is 1. The van der Waals surface area contributed by atoms with Crippen molar-refractivity contribution in [2.45, 2.75) is 26.4 Å². The van der Waals surface area contributed by atoms with Crippen molar-refractivity contribution in [3.05, 3.63) is 46.2 Å². The minimum absolute atomic E-state index is 0.879. The van der Waals surface area contributed by atoms with Gasteiger partial charge in [-0.1, -0.05) is 12.1 Å². The molecule has 0 atom stereocenters. The molecule has 0 bridgehead atoms. The molecule has 2 rings (SSSR count). The molecule has 0 aliphatic heterocycles. The van der Waals surface area contributed by atoms with Crippen molar-refractivity contribution >= 4 is 32.3 Å². The fraction of sp³-hybridized carbons (Fsp3) is 0.267. The van der Waals surface area contributed by atoms with Crippen molar-refractivity contribution in [1.29, 1.82) is 0 Å². The second-order valence-corrected chi connectivity index (χ2v) is 8.10. The van der Waals surface area contributed by atoms with Crippen LogP contribution in [0.25, 0.3) is 0 Å². The fourth-order valence-corrected chi connectivity index (χ4v) is 3.11. The summed E-state index contributed by atoms with van der Waals surface area (Å²) in [6.07, 6.45) is 2.85. The predicted molar refractivity (Wildman–Crippen MR) is 86.9 cm³/mol. The van der Waals surface area contributed by atoms with E-state index in [2.05, 4.69) is 54.7 Å². The first-order chi connectivity index (χ1) is 9.15. The van der Waals surface area contributed by atoms with Crippen LogP contribution in [0.15, 0.2) is 40.7 Å². The second-order valence-electron chi connectivity index (χ2n) is 4.73. The maximum Gasteiger partial charge on any atom is 0.229 e. The standard InChI is InChI=1S/C15H19NOSSi/c1-12-6-7-15(17-19(2)3)14(11-12)16-9-8-13-5-4-10-18-13/h4-7,9-11,19H,8H2,1-3H3. The van der Waals surface area contributed by atoms with Gasteiger partial charge >= 0.3 is 0 Å². The Morgan fingerprint density at radius 1 is 1.32 bits per heavy atom. The van der Waals surface area contributed by atoms with Gasteiger partial charge < -0.3 is 4.43 Å². The highest BCUT2D eigenvalue weighted by molar-refractivity contribution is 7.10. The summed E-state index contributed by atoms with van der Waals surface area (Å²) in [5.74, 6) is 0.912. The minimum atomic E-state index is -1.10. The van der Waals surface area contributed by atoms with Gasteiger partial charge in [0, 0.05) is 17.5 Å². The van der Waals surface area contributed by atoms with Crippen molar-refractivity contribution in [2.75, 3.05) is 0 Å². The van der Waals surface area contributed by atoms with E-state index in [1.165, 1.54) is 10.4 Å². The van der Waals surface area contributed by atoms with Crippen LogP contribution in [-0.4, -0.2) is 15.3 Å². The van der Waals surface area contributed by atoms with Gasteiger partial charge in [-0.15, -0.1) is 11.3 Å². The molecule has 0 aliphatic rings. The Kier molecular flexibility index (Phi) is 4.93. The lowest BCUT2D eigenvalue weighted by molar-refractivity contribution is 0.582. The summed E-state index contributed by atoms with van der Waals surface area (Å²) in [4.78, 5) is 5.90. The van der Waals surface area contributed by atoms with Crippen LogP contribution in [-0.2, 0) is 6.42 Å². The summed E-state index contributed by atoms with van der Waals surface area (Å²) < 4.78 is 5.92. The Hall–Kier alpha value is -1.39. The molecule has 0 aliphatic carbocycles. The predicted octanol–water partition coefficient (Wildman–Crippen LogP) is 4.36. The quantitative estimate of drug-likeness (QED) is 0.592. The van der Waals surface area contributed by atoms with Gasteiger partial charge in [0.25, 0.3) is 0 Å². The molecule has 0 N–H and O–H groups in total. The third-order valence-corrected chi connectivity index (χ3v) is 4.20. The van der Waals surface area contributed by atoms with Crippen LogP contribution in [0.2, 0.25) is 13.1 Å². The van der Waals surface area contributed by atoms with E-state index in [0.717, 1.165) is 17.9 Å². The highest BCUT2D eigenvalue weighted by Crippen LogP contribution is 2.29. The molecule has 1 heterocycles. The van der Waals surface area contributed by atoms with Gasteiger partial charge in [-0.2, -0.15) is 0 Å². The van der Waals surface area contributed by atoms with E-state index in [0.29, 0.717) is 0 Å². The van der Waals surface area contributed by atoms with Gasteiger partial charge in [0.2, 0.25) is 9.04 Å². The van der Waals surface area contributed by atoms with E-state index in [-0.39, 0.29) is 0 Å². The first kappa shape index (κ1) is 14.0. The van der Waals surface area contributed by atoms with Gasteiger partial charge in [0.05, 0.1) is 0 Å². The Morgan fingerprint density at radius 2 is 2.16 bits per heavy atom. The van der Waals surface area contributed by atoms with Gasteiger partial charge in [-0.3, -0.25) is 4.99 Å². The van der Waals surface area contributed by atoms with Crippen LogP contribution in [0.4, 0.5) is 5.69 Å². The second kappa shape index (κ2) is 6.68. The fourth-order valence-electron chi connectivity index (χ4n) is 1.74. The van der Waals surface area contributed by atoms with E-state index in [9.17, 15) is 0 Å². The highest BCUT2D eigenvalue weighted by atomic mass is 32.1. The lowest BCUT2D eigenvalue weighted by Gasteiger charge is -2.12. The summed E-state index contributed by atoms with van der Waals surface area (Å²) in [6.45, 7) is 6.41. The SMILES string of the molecule is Cc1ccc(O[SiH](C)C)c(N=CCc2cccs2)c1. The third-order valence-electron chi connectivity index (χ3n) is 2.58. The normalized spacial score (nSPS) is 11.4. The maximum absolute atomic E-state index is 5.92. The van der Waals surface area contributed by atoms with E-state index in [4.69, 9.17) is 4.43 Å². The number of hydrogen-bond donors (Lipinski definition) is 0. The molecule has 0 radical (unpaired) electrons. The van der Waals surface area contributed by atoms with Crippen molar-refractivity contribution in [1.82, 2.24) is 0 Å². The van der Waals surface area contributed by atoms with Crippen molar-refractivity contribution < 1.29 is 4.43 Å². The van der Waals surface area contributed by atoms with E-state index < -0.39 is 9.04 Å². The largest absolute Gasteiger partial charge is 0.546 e. The van der Waals surface area contributed by atoms with Crippen LogP contribution >= 0.6 is 11.3 Å². The first-order valence-corrected chi connectivity index (χ1v) is 10.1. The van der Waals surface area contributed by atoms with E-state index >= 15 is 0 Å².